The van der Waals surface area contributed by atoms with Crippen LogP contribution in [0.2, 0.25) is 0 Å². The fourth-order valence-electron chi connectivity index (χ4n) is 1.63. The lowest BCUT2D eigenvalue weighted by atomic mass is 10.2. The molecule has 1 aromatic rings. The van der Waals surface area contributed by atoms with Gasteiger partial charge in [0.05, 0.1) is 5.56 Å². The number of carbonyl (C=O) groups is 2. The number of hydrogen-bond donors (Lipinski definition) is 2. The largest absolute Gasteiger partial charge is 0.478 e. The van der Waals surface area contributed by atoms with E-state index in [1.165, 1.54) is 12.1 Å². The number of halogens is 1. The van der Waals surface area contributed by atoms with Crippen molar-refractivity contribution < 1.29 is 14.7 Å². The molecular weight excluding hydrogens is 312 g/mol. The third kappa shape index (κ3) is 4.90. The summed E-state index contributed by atoms with van der Waals surface area (Å²) in [6, 6.07) is 4.31. The van der Waals surface area contributed by atoms with Gasteiger partial charge in [-0.3, -0.25) is 0 Å². The molecule has 0 fully saturated rings. The molecule has 0 saturated carbocycles. The van der Waals surface area contributed by atoms with Crippen molar-refractivity contribution in [1.82, 2.24) is 4.90 Å². The molecule has 19 heavy (non-hydrogen) atoms. The normalized spacial score (nSPS) is 10.4. The molecule has 0 atom stereocenters. The second kappa shape index (κ2) is 6.56. The predicted octanol–water partition coefficient (Wildman–Crippen LogP) is 3.27. The van der Waals surface area contributed by atoms with Gasteiger partial charge in [0.2, 0.25) is 0 Å². The summed E-state index contributed by atoms with van der Waals surface area (Å²) in [5.41, 5.74) is 0.573. The maximum absolute atomic E-state index is 11.9. The summed E-state index contributed by atoms with van der Waals surface area (Å²) in [7, 11) is 1.70. The summed E-state index contributed by atoms with van der Waals surface area (Å²) in [6.45, 7) is 4.67. The van der Waals surface area contributed by atoms with Gasteiger partial charge in [0.25, 0.3) is 0 Å². The molecule has 0 bridgehead atoms. The molecule has 0 aliphatic heterocycles. The van der Waals surface area contributed by atoms with Crippen molar-refractivity contribution in [3.05, 3.63) is 28.2 Å². The van der Waals surface area contributed by atoms with E-state index in [4.69, 9.17) is 5.11 Å². The number of nitrogens with one attached hydrogen (secondary N) is 1. The number of anilines is 1. The van der Waals surface area contributed by atoms with Crippen LogP contribution in [0.1, 0.15) is 24.2 Å². The Morgan fingerprint density at radius 2 is 2.00 bits per heavy atom. The second-order valence-electron chi connectivity index (χ2n) is 4.74. The van der Waals surface area contributed by atoms with Crippen molar-refractivity contribution in [2.45, 2.75) is 13.8 Å². The van der Waals surface area contributed by atoms with Gasteiger partial charge in [0, 0.05) is 23.8 Å². The van der Waals surface area contributed by atoms with Crippen molar-refractivity contribution in [2.24, 2.45) is 5.92 Å². The van der Waals surface area contributed by atoms with Crippen LogP contribution < -0.4 is 5.32 Å². The molecular formula is C13H17BrN2O3. The number of nitrogens with zero attached hydrogens (tertiary/aromatic N) is 1. The summed E-state index contributed by atoms with van der Waals surface area (Å²) >= 11 is 3.22. The monoisotopic (exact) mass is 328 g/mol. The smallest absolute Gasteiger partial charge is 0.335 e. The molecule has 0 saturated heterocycles. The van der Waals surface area contributed by atoms with E-state index in [1.807, 2.05) is 13.8 Å². The average molecular weight is 329 g/mol. The molecule has 0 heterocycles. The first-order chi connectivity index (χ1) is 8.79. The molecule has 1 rings (SSSR count). The van der Waals surface area contributed by atoms with E-state index < -0.39 is 5.97 Å². The first-order valence-corrected chi connectivity index (χ1v) is 6.65. The lowest BCUT2D eigenvalue weighted by Crippen LogP contribution is -2.34. The summed E-state index contributed by atoms with van der Waals surface area (Å²) in [5, 5.41) is 11.6. The summed E-state index contributed by atoms with van der Waals surface area (Å²) in [5.74, 6) is -0.667. The van der Waals surface area contributed by atoms with E-state index in [0.29, 0.717) is 22.6 Å². The third-order valence-corrected chi connectivity index (χ3v) is 2.84. The molecule has 6 heteroatoms. The van der Waals surface area contributed by atoms with Gasteiger partial charge in [-0.25, -0.2) is 9.59 Å². The molecule has 0 aliphatic rings. The van der Waals surface area contributed by atoms with Gasteiger partial charge in [-0.15, -0.1) is 0 Å². The van der Waals surface area contributed by atoms with Crippen LogP contribution in [0, 0.1) is 5.92 Å². The number of carboxylic acids is 1. The zero-order valence-corrected chi connectivity index (χ0v) is 12.7. The topological polar surface area (TPSA) is 69.6 Å². The van der Waals surface area contributed by atoms with E-state index in [2.05, 4.69) is 21.2 Å². The van der Waals surface area contributed by atoms with Crippen molar-refractivity contribution >= 4 is 33.6 Å². The van der Waals surface area contributed by atoms with E-state index in [1.54, 1.807) is 18.0 Å². The Hall–Kier alpha value is -1.56. The zero-order valence-electron chi connectivity index (χ0n) is 11.1. The van der Waals surface area contributed by atoms with Gasteiger partial charge in [0.15, 0.2) is 0 Å². The first-order valence-electron chi connectivity index (χ1n) is 5.85. The molecule has 0 aromatic heterocycles. The first kappa shape index (κ1) is 15.5. The van der Waals surface area contributed by atoms with Crippen LogP contribution in [-0.4, -0.2) is 35.6 Å². The Morgan fingerprint density at radius 3 is 2.53 bits per heavy atom. The van der Waals surface area contributed by atoms with Crippen LogP contribution in [0.5, 0.6) is 0 Å². The van der Waals surface area contributed by atoms with Gasteiger partial charge in [-0.1, -0.05) is 29.8 Å². The minimum Gasteiger partial charge on any atom is -0.478 e. The number of carbonyl (C=O) groups excluding carboxylic acids is 1. The van der Waals surface area contributed by atoms with Crippen molar-refractivity contribution in [3.63, 3.8) is 0 Å². The van der Waals surface area contributed by atoms with Crippen LogP contribution >= 0.6 is 15.9 Å². The Labute approximate surface area is 120 Å². The standard InChI is InChI=1S/C13H17BrN2O3/c1-8(2)7-16(3)13(19)15-11-5-9(12(17)18)4-10(14)6-11/h4-6,8H,7H2,1-3H3,(H,15,19)(H,17,18). The number of urea groups is 1. The molecule has 1 aromatic carbocycles. The van der Waals surface area contributed by atoms with Crippen LogP contribution in [0.25, 0.3) is 0 Å². The lowest BCUT2D eigenvalue weighted by Gasteiger charge is -2.20. The highest BCUT2D eigenvalue weighted by Gasteiger charge is 2.12. The highest BCUT2D eigenvalue weighted by molar-refractivity contribution is 9.10. The quantitative estimate of drug-likeness (QED) is 0.891. The van der Waals surface area contributed by atoms with Crippen molar-refractivity contribution in [1.29, 1.82) is 0 Å². The summed E-state index contributed by atoms with van der Waals surface area (Å²) < 4.78 is 0.606. The van der Waals surface area contributed by atoms with Crippen LogP contribution in [0.4, 0.5) is 10.5 Å². The number of carboxylic acid groups (broad SMARTS) is 1. The predicted molar refractivity (Wildman–Crippen MR) is 77.6 cm³/mol. The highest BCUT2D eigenvalue weighted by Crippen LogP contribution is 2.20. The SMILES string of the molecule is CC(C)CN(C)C(=O)Nc1cc(Br)cc(C(=O)O)c1. The van der Waals surface area contributed by atoms with Gasteiger partial charge in [-0.05, 0) is 24.1 Å². The minimum absolute atomic E-state index is 0.121. The second-order valence-corrected chi connectivity index (χ2v) is 5.65. The molecule has 2 N–H and O–H groups in total. The number of amides is 2. The van der Waals surface area contributed by atoms with E-state index in [9.17, 15) is 9.59 Å². The van der Waals surface area contributed by atoms with Crippen molar-refractivity contribution in [2.75, 3.05) is 18.9 Å². The highest BCUT2D eigenvalue weighted by atomic mass is 79.9. The Kier molecular flexibility index (Phi) is 5.35. The van der Waals surface area contributed by atoms with Crippen LogP contribution in [0.3, 0.4) is 0 Å². The number of rotatable bonds is 4. The molecule has 104 valence electrons. The average Bonchev–Trinajstić information content (AvgIpc) is 2.26. The molecule has 0 spiro atoms. The zero-order chi connectivity index (χ0) is 14.6. The maximum atomic E-state index is 11.9. The molecule has 5 nitrogen and oxygen atoms in total. The minimum atomic E-state index is -1.03. The molecule has 0 radical (unpaired) electrons. The number of hydrogen-bond acceptors (Lipinski definition) is 2. The van der Waals surface area contributed by atoms with Gasteiger partial charge < -0.3 is 15.3 Å². The van der Waals surface area contributed by atoms with E-state index >= 15 is 0 Å². The lowest BCUT2D eigenvalue weighted by molar-refractivity contribution is 0.0697. The Morgan fingerprint density at radius 1 is 1.37 bits per heavy atom. The number of aromatic carboxylic acids is 1. The summed E-state index contributed by atoms with van der Waals surface area (Å²) in [6.07, 6.45) is 0. The van der Waals surface area contributed by atoms with Gasteiger partial charge in [0.1, 0.15) is 0 Å². The molecule has 2 amide bonds. The van der Waals surface area contributed by atoms with Gasteiger partial charge in [-0.2, -0.15) is 0 Å². The van der Waals surface area contributed by atoms with Gasteiger partial charge >= 0.3 is 12.0 Å². The fourth-order valence-corrected chi connectivity index (χ4v) is 2.13. The molecule has 0 unspecified atom stereocenters. The fraction of sp³-hybridized carbons (Fsp3) is 0.385. The van der Waals surface area contributed by atoms with Crippen LogP contribution in [-0.2, 0) is 0 Å². The maximum Gasteiger partial charge on any atom is 0.335 e. The number of benzene rings is 1. The Bertz CT molecular complexity index is 489. The summed E-state index contributed by atoms with van der Waals surface area (Å²) in [4.78, 5) is 24.4. The van der Waals surface area contributed by atoms with Crippen LogP contribution in [0.15, 0.2) is 22.7 Å². The third-order valence-electron chi connectivity index (χ3n) is 2.38. The van der Waals surface area contributed by atoms with E-state index in [0.717, 1.165) is 0 Å². The molecule has 0 aliphatic carbocycles. The Balaban J connectivity index is 2.82. The van der Waals surface area contributed by atoms with E-state index in [-0.39, 0.29) is 11.6 Å². The van der Waals surface area contributed by atoms with Crippen molar-refractivity contribution in [3.8, 4) is 0 Å².